The zero-order valence-corrected chi connectivity index (χ0v) is 13.2. The van der Waals surface area contributed by atoms with Crippen molar-refractivity contribution in [2.75, 3.05) is 7.05 Å². The molecule has 0 unspecified atom stereocenters. The van der Waals surface area contributed by atoms with Crippen molar-refractivity contribution in [3.8, 4) is 0 Å². The Labute approximate surface area is 136 Å². The third kappa shape index (κ3) is 3.09. The number of aromatic nitrogens is 4. The lowest BCUT2D eigenvalue weighted by Gasteiger charge is -2.01. The average molecular weight is 333 g/mol. The number of carbonyl (C=O) groups is 1. The fourth-order valence-corrected chi connectivity index (χ4v) is 2.49. The van der Waals surface area contributed by atoms with Crippen LogP contribution in [0.4, 0.5) is 0 Å². The van der Waals surface area contributed by atoms with Gasteiger partial charge in [0.2, 0.25) is 0 Å². The fourth-order valence-electron chi connectivity index (χ4n) is 2.37. The second-order valence-electron chi connectivity index (χ2n) is 5.05. The third-order valence-electron chi connectivity index (χ3n) is 3.53. The molecule has 0 spiro atoms. The lowest BCUT2D eigenvalue weighted by atomic mass is 10.1. The SMILES string of the molecule is CNC(=O)Cn1c(=O)[nH][n+]2c(Cc3ccc(Cl)nc3)cccc12. The van der Waals surface area contributed by atoms with E-state index in [2.05, 4.69) is 15.4 Å². The largest absolute Gasteiger partial charge is 0.445 e. The quantitative estimate of drug-likeness (QED) is 0.532. The number of H-pyrrole nitrogens is 1. The molecule has 118 valence electrons. The van der Waals surface area contributed by atoms with Crippen LogP contribution in [0.5, 0.6) is 0 Å². The molecule has 23 heavy (non-hydrogen) atoms. The molecule has 0 saturated heterocycles. The Balaban J connectivity index is 2.02. The molecule has 2 N–H and O–H groups in total. The molecule has 8 heteroatoms. The normalized spacial score (nSPS) is 10.9. The van der Waals surface area contributed by atoms with E-state index in [-0.39, 0.29) is 18.1 Å². The lowest BCUT2D eigenvalue weighted by molar-refractivity contribution is -0.587. The highest BCUT2D eigenvalue weighted by Gasteiger charge is 2.20. The molecular formula is C15H15ClN5O2+. The molecule has 3 heterocycles. The summed E-state index contributed by atoms with van der Waals surface area (Å²) in [5.74, 6) is -0.235. The predicted octanol–water partition coefficient (Wildman–Crippen LogP) is 0.300. The Morgan fingerprint density at radius 1 is 1.39 bits per heavy atom. The molecule has 0 aromatic carbocycles. The van der Waals surface area contributed by atoms with Gasteiger partial charge in [-0.3, -0.25) is 4.79 Å². The number of halogens is 1. The second kappa shape index (κ2) is 6.21. The molecule has 0 aliphatic carbocycles. The zero-order chi connectivity index (χ0) is 16.4. The minimum Gasteiger partial charge on any atom is -0.356 e. The highest BCUT2D eigenvalue weighted by Crippen LogP contribution is 2.09. The van der Waals surface area contributed by atoms with Crippen LogP contribution in [0.25, 0.3) is 5.65 Å². The molecule has 0 bridgehead atoms. The van der Waals surface area contributed by atoms with Gasteiger partial charge < -0.3 is 5.32 Å². The van der Waals surface area contributed by atoms with Gasteiger partial charge in [-0.2, -0.15) is 9.67 Å². The van der Waals surface area contributed by atoms with Crippen LogP contribution < -0.4 is 15.5 Å². The average Bonchev–Trinajstić information content (AvgIpc) is 2.87. The number of nitrogens with one attached hydrogen (secondary N) is 2. The van der Waals surface area contributed by atoms with E-state index in [1.165, 1.54) is 11.6 Å². The van der Waals surface area contributed by atoms with Crippen LogP contribution in [0.1, 0.15) is 11.3 Å². The predicted molar refractivity (Wildman–Crippen MR) is 84.3 cm³/mol. The summed E-state index contributed by atoms with van der Waals surface area (Å²) in [6.07, 6.45) is 2.27. The van der Waals surface area contributed by atoms with Gasteiger partial charge in [0.05, 0.1) is 0 Å². The summed E-state index contributed by atoms with van der Waals surface area (Å²) in [6.45, 7) is -0.0334. The molecule has 3 aromatic heterocycles. The van der Waals surface area contributed by atoms with Gasteiger partial charge in [0.1, 0.15) is 10.8 Å². The molecule has 3 rings (SSSR count). The summed E-state index contributed by atoms with van der Waals surface area (Å²) in [7, 11) is 1.54. The Bertz CT molecular complexity index is 914. The molecular weight excluding hydrogens is 318 g/mol. The molecule has 0 aliphatic heterocycles. The Kier molecular flexibility index (Phi) is 4.12. The first kappa shape index (κ1) is 15.2. The number of carbonyl (C=O) groups excluding carboxylic acids is 1. The number of amides is 1. The van der Waals surface area contributed by atoms with Gasteiger partial charge in [0.15, 0.2) is 6.54 Å². The topological polar surface area (TPSA) is 83.9 Å². The first-order valence-corrected chi connectivity index (χ1v) is 7.40. The lowest BCUT2D eigenvalue weighted by Crippen LogP contribution is -2.31. The summed E-state index contributed by atoms with van der Waals surface area (Å²) in [5, 5.41) is 5.70. The Hall–Kier alpha value is -2.67. The van der Waals surface area contributed by atoms with Gasteiger partial charge in [-0.05, 0) is 17.7 Å². The van der Waals surface area contributed by atoms with Crippen molar-refractivity contribution in [3.05, 3.63) is 63.4 Å². The summed E-state index contributed by atoms with van der Waals surface area (Å²) >= 11 is 5.79. The van der Waals surface area contributed by atoms with Gasteiger partial charge in [-0.25, -0.2) is 9.78 Å². The highest BCUT2D eigenvalue weighted by atomic mass is 35.5. The van der Waals surface area contributed by atoms with Crippen molar-refractivity contribution in [1.29, 1.82) is 0 Å². The molecule has 3 aromatic rings. The smallest absolute Gasteiger partial charge is 0.356 e. The van der Waals surface area contributed by atoms with Crippen molar-refractivity contribution in [2.45, 2.75) is 13.0 Å². The summed E-state index contributed by atoms with van der Waals surface area (Å²) in [4.78, 5) is 27.7. The first-order chi connectivity index (χ1) is 11.1. The van der Waals surface area contributed by atoms with E-state index in [0.717, 1.165) is 11.3 Å². The van der Waals surface area contributed by atoms with E-state index in [9.17, 15) is 9.59 Å². The van der Waals surface area contributed by atoms with E-state index in [1.807, 2.05) is 18.2 Å². The van der Waals surface area contributed by atoms with Crippen molar-refractivity contribution >= 4 is 23.2 Å². The first-order valence-electron chi connectivity index (χ1n) is 7.02. The van der Waals surface area contributed by atoms with Crippen molar-refractivity contribution < 1.29 is 9.31 Å². The number of pyridine rings is 2. The Morgan fingerprint density at radius 3 is 2.91 bits per heavy atom. The minimum atomic E-state index is -0.338. The molecule has 0 saturated carbocycles. The standard InChI is InChI=1S/C15H14ClN5O2/c1-17-13(22)9-20-14-4-2-3-11(21(14)19-15(20)23)7-10-5-6-12(16)18-8-10/h2-6,8H,7,9H2,1H3,(H-,17,19,22,23)/p+1. The van der Waals surface area contributed by atoms with Crippen molar-refractivity contribution in [2.24, 2.45) is 0 Å². The summed E-state index contributed by atoms with van der Waals surface area (Å²) in [5.41, 5.74) is 2.13. The number of fused-ring (bicyclic) bond motifs is 1. The minimum absolute atomic E-state index is 0.0334. The number of likely N-dealkylation sites (N-methyl/N-ethyl adjacent to an activating group) is 1. The van der Waals surface area contributed by atoms with Crippen LogP contribution >= 0.6 is 11.6 Å². The molecule has 0 radical (unpaired) electrons. The number of nitrogens with zero attached hydrogens (tertiary/aromatic N) is 3. The Morgan fingerprint density at radius 2 is 2.22 bits per heavy atom. The van der Waals surface area contributed by atoms with Gasteiger partial charge in [0.25, 0.3) is 5.91 Å². The van der Waals surface area contributed by atoms with Crippen molar-refractivity contribution in [1.82, 2.24) is 20.0 Å². The van der Waals surface area contributed by atoms with Crippen LogP contribution in [-0.4, -0.2) is 27.6 Å². The number of aromatic amines is 1. The molecule has 0 aliphatic rings. The van der Waals surface area contributed by atoms with E-state index >= 15 is 0 Å². The van der Waals surface area contributed by atoms with Crippen LogP contribution in [-0.2, 0) is 17.8 Å². The maximum absolute atomic E-state index is 12.1. The number of rotatable bonds is 4. The monoisotopic (exact) mass is 332 g/mol. The van der Waals surface area contributed by atoms with E-state index in [4.69, 9.17) is 11.6 Å². The maximum atomic E-state index is 12.1. The van der Waals surface area contributed by atoms with Gasteiger partial charge in [-0.1, -0.05) is 23.7 Å². The molecule has 0 atom stereocenters. The molecule has 1 amide bonds. The second-order valence-corrected chi connectivity index (χ2v) is 5.44. The van der Waals surface area contributed by atoms with Crippen LogP contribution in [0.2, 0.25) is 5.15 Å². The van der Waals surface area contributed by atoms with Crippen LogP contribution in [0.15, 0.2) is 41.3 Å². The highest BCUT2D eigenvalue weighted by molar-refractivity contribution is 6.29. The summed E-state index contributed by atoms with van der Waals surface area (Å²) in [6, 6.07) is 9.14. The van der Waals surface area contributed by atoms with Gasteiger partial charge in [0, 0.05) is 25.7 Å². The number of hydrogen-bond acceptors (Lipinski definition) is 3. The molecule has 0 fully saturated rings. The summed E-state index contributed by atoms with van der Waals surface area (Å²) < 4.78 is 3.07. The van der Waals surface area contributed by atoms with Crippen LogP contribution in [0, 0.1) is 0 Å². The van der Waals surface area contributed by atoms with E-state index in [0.29, 0.717) is 17.2 Å². The van der Waals surface area contributed by atoms with E-state index < -0.39 is 0 Å². The van der Waals surface area contributed by atoms with Gasteiger partial charge in [-0.15, -0.1) is 4.52 Å². The fraction of sp³-hybridized carbons (Fsp3) is 0.200. The van der Waals surface area contributed by atoms with Crippen molar-refractivity contribution in [3.63, 3.8) is 0 Å². The van der Waals surface area contributed by atoms with E-state index in [1.54, 1.807) is 22.8 Å². The number of hydrogen-bond donors (Lipinski definition) is 2. The maximum Gasteiger partial charge on any atom is 0.445 e. The zero-order valence-electron chi connectivity index (χ0n) is 12.4. The van der Waals surface area contributed by atoms with Gasteiger partial charge >= 0.3 is 11.3 Å². The third-order valence-corrected chi connectivity index (χ3v) is 3.76. The van der Waals surface area contributed by atoms with Crippen LogP contribution in [0.3, 0.4) is 0 Å². The molecule has 7 nitrogen and oxygen atoms in total.